The zero-order chi connectivity index (χ0) is 24.4. The number of nitrogens with one attached hydrogen (secondary N) is 3. The summed E-state index contributed by atoms with van der Waals surface area (Å²) in [7, 11) is 0. The Hall–Kier alpha value is -3.28. The summed E-state index contributed by atoms with van der Waals surface area (Å²) in [6, 6.07) is 9.79. The monoisotopic (exact) mass is 497 g/mol. The fraction of sp³-hybridized carbons (Fsp3) is 0.375. The van der Waals surface area contributed by atoms with E-state index in [1.807, 2.05) is 18.2 Å². The summed E-state index contributed by atoms with van der Waals surface area (Å²) in [5.74, 6) is -0.556. The number of benzene rings is 1. The molecule has 3 atom stereocenters. The number of rotatable bonds is 9. The molecule has 0 aliphatic carbocycles. The molecule has 0 spiro atoms. The number of nitrogen functional groups attached to an aromatic ring is 1. The highest BCUT2D eigenvalue weighted by Gasteiger charge is 2.43. The Morgan fingerprint density at radius 3 is 2.94 bits per heavy atom. The summed E-state index contributed by atoms with van der Waals surface area (Å²) in [6.07, 6.45) is 5.18. The molecule has 4 heterocycles. The molecule has 1 saturated heterocycles. The van der Waals surface area contributed by atoms with Gasteiger partial charge in [-0.3, -0.25) is 10.1 Å². The Kier molecular flexibility index (Phi) is 6.80. The number of aromatic nitrogens is 2. The smallest absolute Gasteiger partial charge is 0.273 e. The van der Waals surface area contributed by atoms with E-state index in [1.54, 1.807) is 11.1 Å². The fourth-order valence-corrected chi connectivity index (χ4v) is 5.73. The van der Waals surface area contributed by atoms with Gasteiger partial charge in [-0.05, 0) is 31.2 Å². The molecule has 1 fully saturated rings. The van der Waals surface area contributed by atoms with Gasteiger partial charge < -0.3 is 26.4 Å². The van der Waals surface area contributed by atoms with Gasteiger partial charge in [0.05, 0.1) is 27.2 Å². The number of nitrogens with zero attached hydrogens (tertiary/aromatic N) is 3. The topological polar surface area (TPSA) is 128 Å². The van der Waals surface area contributed by atoms with Crippen LogP contribution in [0, 0.1) is 5.82 Å². The van der Waals surface area contributed by atoms with Crippen LogP contribution >= 0.6 is 11.3 Å². The maximum Gasteiger partial charge on any atom is 0.273 e. The van der Waals surface area contributed by atoms with Crippen molar-refractivity contribution >= 4 is 33.1 Å². The van der Waals surface area contributed by atoms with Crippen molar-refractivity contribution in [2.75, 3.05) is 12.3 Å². The van der Waals surface area contributed by atoms with Gasteiger partial charge >= 0.3 is 0 Å². The van der Waals surface area contributed by atoms with Gasteiger partial charge in [-0.15, -0.1) is 16.4 Å². The molecule has 1 aromatic carbocycles. The minimum Gasteiger partial charge on any atom is -0.382 e. The Morgan fingerprint density at radius 2 is 2.14 bits per heavy atom. The number of anilines is 1. The van der Waals surface area contributed by atoms with Gasteiger partial charge in [0, 0.05) is 19.3 Å². The second kappa shape index (κ2) is 10.1. The Balaban J connectivity index is 1.17. The standard InChI is InChI=1S/C24H28FN7O2S/c25-21-18(35-17-13-30-31-22(26)20(17)21)12-29-23(33)16-8-9-19-28-11-15(24(34)32(16)19)27-10-4-7-14-5-2-1-3-6-14/h1-3,5-6,11,13,16,19,23,27-29,33H,4,7-10,12H2,(H2,26,31)/t16-,19?,23?/m0/s1. The lowest BCUT2D eigenvalue weighted by molar-refractivity contribution is -0.134. The average Bonchev–Trinajstić information content (AvgIpc) is 3.44. The van der Waals surface area contributed by atoms with E-state index < -0.39 is 18.1 Å². The van der Waals surface area contributed by atoms with E-state index in [-0.39, 0.29) is 29.8 Å². The van der Waals surface area contributed by atoms with Crippen LogP contribution in [0.1, 0.15) is 29.7 Å². The lowest BCUT2D eigenvalue weighted by Gasteiger charge is -2.36. The fourth-order valence-electron chi connectivity index (χ4n) is 4.72. The number of hydrogen-bond acceptors (Lipinski definition) is 9. The molecule has 35 heavy (non-hydrogen) atoms. The number of aliphatic hydroxyl groups excluding tert-OH is 1. The van der Waals surface area contributed by atoms with E-state index in [4.69, 9.17) is 5.73 Å². The Labute approximate surface area is 206 Å². The normalized spacial score (nSPS) is 20.5. The number of aryl methyl sites for hydroxylation is 1. The Bertz CT molecular complexity index is 1240. The maximum absolute atomic E-state index is 14.8. The highest BCUT2D eigenvalue weighted by molar-refractivity contribution is 7.19. The predicted octanol–water partition coefficient (Wildman–Crippen LogP) is 1.80. The number of halogens is 1. The molecular formula is C24H28FN7O2S. The lowest BCUT2D eigenvalue weighted by Crippen LogP contribution is -2.57. The molecule has 0 saturated carbocycles. The first kappa shape index (κ1) is 23.5. The number of aliphatic hydroxyl groups is 1. The molecule has 0 radical (unpaired) electrons. The molecule has 2 aliphatic heterocycles. The van der Waals surface area contributed by atoms with Crippen LogP contribution in [0.25, 0.3) is 10.1 Å². The second-order valence-electron chi connectivity index (χ2n) is 8.75. The summed E-state index contributed by atoms with van der Waals surface area (Å²) in [5, 5.41) is 28.1. The molecule has 5 rings (SSSR count). The zero-order valence-electron chi connectivity index (χ0n) is 19.1. The van der Waals surface area contributed by atoms with E-state index in [0.717, 1.165) is 19.3 Å². The molecule has 184 valence electrons. The van der Waals surface area contributed by atoms with Crippen LogP contribution in [0.4, 0.5) is 10.2 Å². The number of fused-ring (bicyclic) bond motifs is 2. The molecule has 6 N–H and O–H groups in total. The summed E-state index contributed by atoms with van der Waals surface area (Å²) in [5.41, 5.74) is 7.51. The SMILES string of the molecule is Nc1nncc2sc(CNC(O)[C@@H]3CCC4NC=C(NCCCc5ccccc5)C(=O)N43)c(F)c12. The van der Waals surface area contributed by atoms with Gasteiger partial charge in [-0.25, -0.2) is 4.39 Å². The third-order valence-electron chi connectivity index (χ3n) is 6.49. The quantitative estimate of drug-likeness (QED) is 0.224. The molecule has 11 heteroatoms. The number of hydrogen-bond donors (Lipinski definition) is 5. The van der Waals surface area contributed by atoms with Gasteiger partial charge in [-0.1, -0.05) is 30.3 Å². The van der Waals surface area contributed by atoms with E-state index in [2.05, 4.69) is 38.3 Å². The summed E-state index contributed by atoms with van der Waals surface area (Å²) < 4.78 is 15.4. The number of carbonyl (C=O) groups excluding carboxylic acids is 1. The van der Waals surface area contributed by atoms with Crippen molar-refractivity contribution in [3.05, 3.63) is 64.7 Å². The van der Waals surface area contributed by atoms with Gasteiger partial charge in [0.25, 0.3) is 5.91 Å². The van der Waals surface area contributed by atoms with Crippen LogP contribution in [0.5, 0.6) is 0 Å². The van der Waals surface area contributed by atoms with Crippen molar-refractivity contribution in [3.8, 4) is 0 Å². The number of thiophene rings is 1. The molecule has 1 amide bonds. The van der Waals surface area contributed by atoms with Crippen LogP contribution in [-0.2, 0) is 17.8 Å². The largest absolute Gasteiger partial charge is 0.382 e. The highest BCUT2D eigenvalue weighted by atomic mass is 32.1. The van der Waals surface area contributed by atoms with E-state index in [1.165, 1.54) is 23.1 Å². The van der Waals surface area contributed by atoms with Gasteiger partial charge in [0.15, 0.2) is 5.82 Å². The third-order valence-corrected chi connectivity index (χ3v) is 7.59. The van der Waals surface area contributed by atoms with E-state index in [0.29, 0.717) is 28.2 Å². The van der Waals surface area contributed by atoms with Crippen molar-refractivity contribution in [3.63, 3.8) is 0 Å². The Morgan fingerprint density at radius 1 is 1.31 bits per heavy atom. The molecule has 2 aliphatic rings. The number of carbonyl (C=O) groups is 1. The van der Waals surface area contributed by atoms with Gasteiger partial charge in [0.1, 0.15) is 23.9 Å². The summed E-state index contributed by atoms with van der Waals surface area (Å²) in [4.78, 5) is 15.3. The molecule has 2 unspecified atom stereocenters. The molecule has 9 nitrogen and oxygen atoms in total. The van der Waals surface area contributed by atoms with Crippen molar-refractivity contribution < 1.29 is 14.3 Å². The first-order valence-electron chi connectivity index (χ1n) is 11.7. The zero-order valence-corrected chi connectivity index (χ0v) is 19.9. The van der Waals surface area contributed by atoms with Crippen LogP contribution in [0.3, 0.4) is 0 Å². The predicted molar refractivity (Wildman–Crippen MR) is 132 cm³/mol. The van der Waals surface area contributed by atoms with Crippen molar-refractivity contribution in [1.29, 1.82) is 0 Å². The van der Waals surface area contributed by atoms with Crippen molar-refractivity contribution in [2.45, 2.75) is 50.7 Å². The average molecular weight is 498 g/mol. The summed E-state index contributed by atoms with van der Waals surface area (Å²) in [6.45, 7) is 0.763. The highest BCUT2D eigenvalue weighted by Crippen LogP contribution is 2.33. The lowest BCUT2D eigenvalue weighted by atomic mass is 10.1. The molecule has 0 bridgehead atoms. The van der Waals surface area contributed by atoms with Gasteiger partial charge in [0.2, 0.25) is 0 Å². The maximum atomic E-state index is 14.8. The number of amides is 1. The second-order valence-corrected chi connectivity index (χ2v) is 9.88. The van der Waals surface area contributed by atoms with Crippen LogP contribution in [0.15, 0.2) is 48.4 Å². The molecular weight excluding hydrogens is 469 g/mol. The van der Waals surface area contributed by atoms with Gasteiger partial charge in [-0.2, -0.15) is 5.10 Å². The molecule has 2 aromatic heterocycles. The first-order valence-corrected chi connectivity index (χ1v) is 12.5. The van der Waals surface area contributed by atoms with Crippen LogP contribution < -0.4 is 21.7 Å². The van der Waals surface area contributed by atoms with Crippen molar-refractivity contribution in [1.82, 2.24) is 31.0 Å². The minimum absolute atomic E-state index is 0.0438. The first-order chi connectivity index (χ1) is 17.0. The minimum atomic E-state index is -1.01. The van der Waals surface area contributed by atoms with Crippen molar-refractivity contribution in [2.24, 2.45) is 0 Å². The van der Waals surface area contributed by atoms with E-state index in [9.17, 15) is 14.3 Å². The number of nitrogens with two attached hydrogens (primary N) is 1. The van der Waals surface area contributed by atoms with Crippen LogP contribution in [0.2, 0.25) is 0 Å². The third kappa shape index (κ3) is 4.79. The van der Waals surface area contributed by atoms with Crippen LogP contribution in [-0.4, -0.2) is 51.1 Å². The van der Waals surface area contributed by atoms with E-state index >= 15 is 0 Å². The summed E-state index contributed by atoms with van der Waals surface area (Å²) >= 11 is 1.21. The molecule has 3 aromatic rings.